The third kappa shape index (κ3) is 11.6. The summed E-state index contributed by atoms with van der Waals surface area (Å²) in [6.07, 6.45) is 0. The van der Waals surface area contributed by atoms with Crippen LogP contribution in [-0.4, -0.2) is 26.2 Å². The molecule has 0 bridgehead atoms. The first-order valence-electron chi connectivity index (χ1n) is 46.7. The van der Waals surface area contributed by atoms with Gasteiger partial charge in [0.1, 0.15) is 0 Å². The summed E-state index contributed by atoms with van der Waals surface area (Å²) >= 11 is 0. The van der Waals surface area contributed by atoms with Crippen molar-refractivity contribution < 1.29 is 31.5 Å². The van der Waals surface area contributed by atoms with Gasteiger partial charge in [0.05, 0.1) is 59.6 Å². The van der Waals surface area contributed by atoms with Crippen LogP contribution < -0.4 is 26.2 Å². The molecule has 6 nitrogen and oxygen atoms in total. The minimum absolute atomic E-state index is 0.0375. The number of hydrogen-bond acceptors (Lipinski definition) is 5. The first-order valence-corrected chi connectivity index (χ1v) is 35.2. The predicted molar refractivity (Wildman–Crippen MR) is 448 cm³/mol. The highest BCUT2D eigenvalue weighted by Gasteiger charge is 2.46. The summed E-state index contributed by atoms with van der Waals surface area (Å²) in [6.45, 7) is 17.9. The number of rotatable bonds is 11. The number of aromatic nitrogens is 4. The van der Waals surface area contributed by atoms with Crippen LogP contribution in [0, 0.1) is 0 Å². The van der Waals surface area contributed by atoms with Crippen LogP contribution in [0.25, 0.3) is 117 Å². The second kappa shape index (κ2) is 25.8. The molecule has 106 heavy (non-hydrogen) atoms. The molecule has 510 valence electrons. The van der Waals surface area contributed by atoms with Crippen LogP contribution in [0.2, 0.25) is 0 Å². The van der Waals surface area contributed by atoms with E-state index in [1.165, 1.54) is 4.57 Å². The normalized spacial score (nSPS) is 15.7. The zero-order valence-electron chi connectivity index (χ0n) is 82.7. The largest absolute Gasteiger partial charge is 0.311 e. The van der Waals surface area contributed by atoms with Gasteiger partial charge in [0, 0.05) is 61.3 Å². The van der Waals surface area contributed by atoms with E-state index in [2.05, 4.69) is 88.9 Å². The van der Waals surface area contributed by atoms with Crippen LogP contribution in [0.1, 0.15) is 111 Å². The van der Waals surface area contributed by atoms with Gasteiger partial charge in [0.25, 0.3) is 6.71 Å². The number of anilines is 6. The fourth-order valence-corrected chi connectivity index (χ4v) is 14.8. The molecule has 0 fully saturated rings. The number of fused-ring (bicyclic) bond motifs is 7. The Labute approximate surface area is 655 Å². The van der Waals surface area contributed by atoms with Crippen LogP contribution in [0.4, 0.5) is 34.1 Å². The van der Waals surface area contributed by atoms with Crippen molar-refractivity contribution >= 4 is 79.0 Å². The quantitative estimate of drug-likeness (QED) is 0.121. The number of para-hydroxylation sites is 2. The van der Waals surface area contributed by atoms with Gasteiger partial charge in [-0.25, -0.2) is 15.0 Å². The first-order chi connectivity index (χ1) is 61.0. The van der Waals surface area contributed by atoms with Crippen LogP contribution in [0.3, 0.4) is 0 Å². The zero-order chi connectivity index (χ0) is 92.2. The van der Waals surface area contributed by atoms with Gasteiger partial charge >= 0.3 is 0 Å². The van der Waals surface area contributed by atoms with E-state index in [0.717, 1.165) is 44.5 Å². The molecule has 2 aromatic heterocycles. The van der Waals surface area contributed by atoms with E-state index < -0.39 is 174 Å². The van der Waals surface area contributed by atoms with Crippen molar-refractivity contribution in [3.05, 3.63) is 344 Å². The Hall–Kier alpha value is -12.4. The lowest BCUT2D eigenvalue weighted by Crippen LogP contribution is -2.61. The molecule has 0 N–H and O–H groups in total. The Kier molecular flexibility index (Phi) is 10.9. The Bertz CT molecular complexity index is 7270. The molecule has 16 aromatic rings. The first kappa shape index (κ1) is 44.9. The third-order valence-corrected chi connectivity index (χ3v) is 20.2. The Morgan fingerprint density at radius 3 is 1.24 bits per heavy atom. The molecule has 7 heteroatoms. The van der Waals surface area contributed by atoms with E-state index in [0.29, 0.717) is 50.1 Å². The highest BCUT2D eigenvalue weighted by atomic mass is 15.2. The van der Waals surface area contributed by atoms with Crippen molar-refractivity contribution in [3.63, 3.8) is 0 Å². The highest BCUT2D eigenvalue weighted by Crippen LogP contribution is 2.54. The van der Waals surface area contributed by atoms with E-state index in [9.17, 15) is 21.9 Å². The molecular formula is C99H81BN6. The van der Waals surface area contributed by atoms with Crippen LogP contribution >= 0.6 is 0 Å². The lowest BCUT2D eigenvalue weighted by atomic mass is 9.33. The van der Waals surface area contributed by atoms with Crippen molar-refractivity contribution in [3.8, 4) is 95.5 Å². The van der Waals surface area contributed by atoms with Gasteiger partial charge in [-0.15, -0.1) is 0 Å². The second-order valence-corrected chi connectivity index (χ2v) is 29.9. The standard InChI is InChI=1S/C99H81BN6/c1-97(2,3)74-54-73(55-75(59-74)98(4,5)6)72-49-52-83-88(58-72)105(87-53-50-70(64-32-16-10-17-33-64)56-80(87)66-36-20-12-21-37-66)90-62-77(104-85-46-30-28-44-78(85)79-45-29-31-47-86(79)104)63-91-92(90)100(83)84-51-48-71(65-34-18-11-19-35-65)57-89(84)106(91)93-81(67-38-22-13-23-39-67)60-76(99(7,8)9)61-82(93)96-102-94(68-40-24-14-25-41-68)101-95(103-96)69-42-26-15-27-43-69/h10-63H,1-9H3/i11D,14D,15D,18D,19D,24D,25D,26D,27D,28D,29D,30D,31D,34D,35D,40D,41D,42D,43D,44D,45D,46D,47D. The number of benzene rings is 14. The topological polar surface area (TPSA) is 50.1 Å². The van der Waals surface area contributed by atoms with Gasteiger partial charge in [-0.1, -0.05) is 329 Å². The van der Waals surface area contributed by atoms with Crippen LogP contribution in [0.5, 0.6) is 0 Å². The SMILES string of the molecule is [2H]c1c([2H])c([2H])c(-c2ccc3c(c2)N(c2c(-c4ccccc4)cc(C(C)(C)C)cc2-c2nc(-c4c([2H])c([2H])c([2H])c([2H])c4[2H])nc(-c4c([2H])c([2H])c([2H])c([2H])c4[2H])n2)c2cc(-n4c5c([2H])c([2H])c([2H])c([2H])c5c5c([2H])c([2H])c([2H])c([2H])c54)cc4c2B3c2ccc(-c3cc(C(C)(C)C)cc(C(C)(C)C)c3)cc2N4c2ccc(-c3ccccc3)cc2-c2ccccc2)c([2H])c1[2H]. The summed E-state index contributed by atoms with van der Waals surface area (Å²) in [6, 6.07) is 44.8. The molecule has 2 aliphatic rings. The van der Waals surface area contributed by atoms with Gasteiger partial charge in [0.15, 0.2) is 17.5 Å². The van der Waals surface area contributed by atoms with Gasteiger partial charge in [0.2, 0.25) is 0 Å². The Balaban J connectivity index is 1.11. The molecule has 18 rings (SSSR count). The third-order valence-electron chi connectivity index (χ3n) is 20.2. The summed E-state index contributed by atoms with van der Waals surface area (Å²) in [5.41, 5.74) is 9.33. The molecule has 2 aliphatic heterocycles. The van der Waals surface area contributed by atoms with Gasteiger partial charge < -0.3 is 14.4 Å². The zero-order valence-corrected chi connectivity index (χ0v) is 59.7. The molecular weight excluding hydrogens is 1280 g/mol. The van der Waals surface area contributed by atoms with Crippen LogP contribution in [-0.2, 0) is 16.2 Å². The summed E-state index contributed by atoms with van der Waals surface area (Å²) in [7, 11) is 0. The Morgan fingerprint density at radius 1 is 0.292 bits per heavy atom. The average molecular weight is 1390 g/mol. The number of nitrogens with zero attached hydrogens (tertiary/aromatic N) is 6. The fraction of sp³-hybridized carbons (Fsp3) is 0.121. The van der Waals surface area contributed by atoms with Crippen molar-refractivity contribution in [2.45, 2.75) is 78.6 Å². The highest BCUT2D eigenvalue weighted by molar-refractivity contribution is 7.00. The maximum Gasteiger partial charge on any atom is 0.252 e. The molecule has 0 unspecified atom stereocenters. The molecule has 0 radical (unpaired) electrons. The average Bonchev–Trinajstić information content (AvgIpc) is 1.65. The van der Waals surface area contributed by atoms with E-state index in [1.807, 2.05) is 147 Å². The maximum atomic E-state index is 10.2. The summed E-state index contributed by atoms with van der Waals surface area (Å²) < 4.78 is 219. The lowest BCUT2D eigenvalue weighted by molar-refractivity contribution is 0.569. The monoisotopic (exact) mass is 1390 g/mol. The van der Waals surface area contributed by atoms with Crippen molar-refractivity contribution in [1.29, 1.82) is 0 Å². The van der Waals surface area contributed by atoms with E-state index in [4.69, 9.17) is 24.5 Å². The van der Waals surface area contributed by atoms with Crippen LogP contribution in [0.15, 0.2) is 327 Å². The minimum Gasteiger partial charge on any atom is -0.311 e. The van der Waals surface area contributed by atoms with E-state index >= 15 is 0 Å². The van der Waals surface area contributed by atoms with Gasteiger partial charge in [-0.3, -0.25) is 0 Å². The van der Waals surface area contributed by atoms with E-state index in [1.54, 1.807) is 24.3 Å². The smallest absolute Gasteiger partial charge is 0.252 e. The molecule has 0 aliphatic carbocycles. The summed E-state index contributed by atoms with van der Waals surface area (Å²) in [5.74, 6) is -1.55. The van der Waals surface area contributed by atoms with Crippen molar-refractivity contribution in [1.82, 2.24) is 19.5 Å². The van der Waals surface area contributed by atoms with Gasteiger partial charge in [-0.05, 0) is 154 Å². The molecule has 14 aromatic carbocycles. The minimum atomic E-state index is -0.965. The molecule has 0 saturated heterocycles. The van der Waals surface area contributed by atoms with Gasteiger partial charge in [-0.2, -0.15) is 0 Å². The molecule has 4 heterocycles. The van der Waals surface area contributed by atoms with E-state index in [-0.39, 0.29) is 77.9 Å². The number of hydrogen-bond donors (Lipinski definition) is 0. The summed E-state index contributed by atoms with van der Waals surface area (Å²) in [5, 5.41) is -0.462. The fourth-order valence-electron chi connectivity index (χ4n) is 14.8. The molecule has 0 amide bonds. The van der Waals surface area contributed by atoms with Crippen molar-refractivity contribution in [2.75, 3.05) is 9.80 Å². The second-order valence-electron chi connectivity index (χ2n) is 29.9. The molecule has 0 saturated carbocycles. The summed E-state index contributed by atoms with van der Waals surface area (Å²) in [4.78, 5) is 19.3. The molecule has 0 atom stereocenters. The lowest BCUT2D eigenvalue weighted by Gasteiger charge is -2.46. The Morgan fingerprint density at radius 2 is 0.708 bits per heavy atom. The maximum absolute atomic E-state index is 10.2. The van der Waals surface area contributed by atoms with Crippen molar-refractivity contribution in [2.24, 2.45) is 0 Å². The predicted octanol–water partition coefficient (Wildman–Crippen LogP) is 24.3. The molecule has 0 spiro atoms.